The molecule has 0 fully saturated rings. The number of aromatic nitrogens is 3. The van der Waals surface area contributed by atoms with E-state index in [-0.39, 0.29) is 10.9 Å². The number of hydrogen-bond acceptors (Lipinski definition) is 5. The molecule has 138 valence electrons. The quantitative estimate of drug-likeness (QED) is 0.687. The van der Waals surface area contributed by atoms with Gasteiger partial charge in [0.1, 0.15) is 5.25 Å². The molecule has 0 amide bonds. The summed E-state index contributed by atoms with van der Waals surface area (Å²) in [5.74, 6) is -1.33. The maximum atomic E-state index is 13.2. The number of thioether (sulfide) groups is 1. The van der Waals surface area contributed by atoms with E-state index < -0.39 is 23.3 Å². The summed E-state index contributed by atoms with van der Waals surface area (Å²) in [5, 5.41) is 6.19. The van der Waals surface area contributed by atoms with Gasteiger partial charge in [0.2, 0.25) is 5.16 Å². The lowest BCUT2D eigenvalue weighted by atomic mass is 9.97. The molecule has 0 saturated carbocycles. The van der Waals surface area contributed by atoms with Crippen molar-refractivity contribution >= 4 is 17.5 Å². The van der Waals surface area contributed by atoms with E-state index in [2.05, 4.69) is 15.6 Å². The van der Waals surface area contributed by atoms with Crippen molar-refractivity contribution in [2.75, 3.05) is 5.43 Å². The minimum Gasteiger partial charge on any atom is -0.313 e. The van der Waals surface area contributed by atoms with E-state index in [1.807, 2.05) is 0 Å². The summed E-state index contributed by atoms with van der Waals surface area (Å²) in [7, 11) is 0. The number of halogens is 3. The summed E-state index contributed by atoms with van der Waals surface area (Å²) in [5.41, 5.74) is 3.99. The average molecular weight is 390 g/mol. The Morgan fingerprint density at radius 1 is 1.00 bits per heavy atom. The first-order valence-electron chi connectivity index (χ1n) is 8.05. The molecule has 2 heterocycles. The Bertz CT molecular complexity index is 960. The Morgan fingerprint density at radius 3 is 2.26 bits per heavy atom. The number of carbonyl (C=O) groups is 1. The summed E-state index contributed by atoms with van der Waals surface area (Å²) in [6.07, 6.45) is -4.66. The highest BCUT2D eigenvalue weighted by atomic mass is 32.2. The zero-order valence-corrected chi connectivity index (χ0v) is 14.5. The van der Waals surface area contributed by atoms with Gasteiger partial charge in [-0.15, -0.1) is 10.2 Å². The van der Waals surface area contributed by atoms with Crippen LogP contribution in [0.1, 0.15) is 27.8 Å². The number of alkyl halides is 3. The van der Waals surface area contributed by atoms with Crippen molar-refractivity contribution in [3.63, 3.8) is 0 Å². The topological polar surface area (TPSA) is 59.8 Å². The second-order valence-corrected chi connectivity index (χ2v) is 7.03. The fourth-order valence-electron chi connectivity index (χ4n) is 2.92. The van der Waals surface area contributed by atoms with E-state index in [1.165, 1.54) is 0 Å². The number of fused-ring (bicyclic) bond motifs is 1. The van der Waals surface area contributed by atoms with Crippen LogP contribution in [0.25, 0.3) is 0 Å². The van der Waals surface area contributed by atoms with Crippen molar-refractivity contribution < 1.29 is 18.0 Å². The van der Waals surface area contributed by atoms with Crippen LogP contribution < -0.4 is 5.43 Å². The molecule has 1 aromatic heterocycles. The number of benzene rings is 2. The third kappa shape index (κ3) is 3.30. The van der Waals surface area contributed by atoms with Crippen LogP contribution >= 0.6 is 11.8 Å². The molecule has 1 N–H and O–H groups in total. The smallest absolute Gasteiger partial charge is 0.313 e. The van der Waals surface area contributed by atoms with Crippen LogP contribution in [-0.4, -0.2) is 25.9 Å². The normalized spacial score (nSPS) is 19.2. The Kier molecular flexibility index (Phi) is 4.39. The summed E-state index contributed by atoms with van der Waals surface area (Å²) in [4.78, 5) is 13.1. The highest BCUT2D eigenvalue weighted by Gasteiger charge is 2.44. The lowest BCUT2D eigenvalue weighted by Gasteiger charge is -2.33. The minimum atomic E-state index is -4.66. The molecule has 27 heavy (non-hydrogen) atoms. The van der Waals surface area contributed by atoms with Gasteiger partial charge >= 0.3 is 6.18 Å². The van der Waals surface area contributed by atoms with Crippen LogP contribution in [0.4, 0.5) is 13.2 Å². The lowest BCUT2D eigenvalue weighted by molar-refractivity contribution is -0.147. The molecule has 0 saturated heterocycles. The fourth-order valence-corrected chi connectivity index (χ4v) is 4.07. The number of rotatable bonds is 3. The van der Waals surface area contributed by atoms with Crippen molar-refractivity contribution in [2.24, 2.45) is 0 Å². The first-order chi connectivity index (χ1) is 12.9. The molecule has 0 bridgehead atoms. The molecule has 5 nitrogen and oxygen atoms in total. The van der Waals surface area contributed by atoms with Gasteiger partial charge in [-0.1, -0.05) is 72.4 Å². The van der Waals surface area contributed by atoms with Gasteiger partial charge < -0.3 is 5.43 Å². The Hall–Kier alpha value is -2.81. The summed E-state index contributed by atoms with van der Waals surface area (Å²) >= 11 is 0.977. The van der Waals surface area contributed by atoms with E-state index in [0.717, 1.165) is 16.4 Å². The van der Waals surface area contributed by atoms with Gasteiger partial charge in [-0.2, -0.15) is 13.2 Å². The van der Waals surface area contributed by atoms with Gasteiger partial charge in [0.15, 0.2) is 5.78 Å². The second kappa shape index (κ2) is 6.73. The lowest BCUT2D eigenvalue weighted by Crippen LogP contribution is -2.40. The van der Waals surface area contributed by atoms with Gasteiger partial charge in [-0.3, -0.25) is 4.79 Å². The first kappa shape index (κ1) is 17.6. The molecule has 9 heteroatoms. The van der Waals surface area contributed by atoms with E-state index in [1.54, 1.807) is 60.7 Å². The molecular formula is C18H13F3N4OS. The predicted octanol–water partition coefficient (Wildman–Crippen LogP) is 3.94. The highest BCUT2D eigenvalue weighted by molar-refractivity contribution is 8.00. The van der Waals surface area contributed by atoms with Gasteiger partial charge in [-0.05, 0) is 5.56 Å². The number of nitrogens with one attached hydrogen (secondary N) is 1. The number of Topliss-reactive ketones (excluding diaryl/α,β-unsaturated/α-hetero) is 1. The molecular weight excluding hydrogens is 377 g/mol. The van der Waals surface area contributed by atoms with Crippen molar-refractivity contribution in [2.45, 2.75) is 22.6 Å². The maximum Gasteiger partial charge on any atom is 0.453 e. The van der Waals surface area contributed by atoms with Gasteiger partial charge in [0.05, 0.1) is 6.04 Å². The Balaban J connectivity index is 1.78. The van der Waals surface area contributed by atoms with Gasteiger partial charge in [0.25, 0.3) is 5.82 Å². The Morgan fingerprint density at radius 2 is 1.63 bits per heavy atom. The molecule has 0 aliphatic carbocycles. The van der Waals surface area contributed by atoms with Crippen LogP contribution in [0, 0.1) is 0 Å². The minimum absolute atomic E-state index is 0.00351. The number of nitrogens with zero attached hydrogens (tertiary/aromatic N) is 3. The van der Waals surface area contributed by atoms with Crippen LogP contribution in [0.3, 0.4) is 0 Å². The fraction of sp³-hybridized carbons (Fsp3) is 0.167. The summed E-state index contributed by atoms with van der Waals surface area (Å²) in [6, 6.07) is 16.9. The van der Waals surface area contributed by atoms with Crippen LogP contribution in [0.5, 0.6) is 0 Å². The predicted molar refractivity (Wildman–Crippen MR) is 94.0 cm³/mol. The molecule has 1 aliphatic heterocycles. The average Bonchev–Trinajstić information content (AvgIpc) is 3.11. The van der Waals surface area contributed by atoms with Crippen LogP contribution in [0.2, 0.25) is 0 Å². The van der Waals surface area contributed by atoms with E-state index in [0.29, 0.717) is 11.1 Å². The summed E-state index contributed by atoms with van der Waals surface area (Å²) in [6.45, 7) is 0. The number of hydrogen-bond donors (Lipinski definition) is 1. The maximum absolute atomic E-state index is 13.2. The molecule has 3 aromatic rings. The largest absolute Gasteiger partial charge is 0.453 e. The zero-order valence-electron chi connectivity index (χ0n) is 13.7. The zero-order chi connectivity index (χ0) is 19.0. The van der Waals surface area contributed by atoms with Crippen molar-refractivity contribution in [3.05, 3.63) is 77.6 Å². The van der Waals surface area contributed by atoms with E-state index >= 15 is 0 Å². The van der Waals surface area contributed by atoms with Gasteiger partial charge in [-0.25, -0.2) is 4.68 Å². The highest BCUT2D eigenvalue weighted by Crippen LogP contribution is 2.40. The SMILES string of the molecule is O=C(c1ccccc1)[C@@H]1Sc2nnc(C(F)(F)F)n2N[C@H]1c1ccccc1. The molecule has 1 aliphatic rings. The van der Waals surface area contributed by atoms with E-state index in [4.69, 9.17) is 0 Å². The van der Waals surface area contributed by atoms with Gasteiger partial charge in [0, 0.05) is 5.56 Å². The van der Waals surface area contributed by atoms with Crippen molar-refractivity contribution in [3.8, 4) is 0 Å². The molecule has 0 unspecified atom stereocenters. The third-order valence-electron chi connectivity index (χ3n) is 4.17. The number of ketones is 1. The van der Waals surface area contributed by atoms with Crippen molar-refractivity contribution in [1.29, 1.82) is 0 Å². The first-order valence-corrected chi connectivity index (χ1v) is 8.93. The molecule has 4 rings (SSSR count). The second-order valence-electron chi connectivity index (χ2n) is 5.93. The van der Waals surface area contributed by atoms with Crippen LogP contribution in [0.15, 0.2) is 65.8 Å². The van der Waals surface area contributed by atoms with Crippen LogP contribution in [-0.2, 0) is 6.18 Å². The Labute approximate surface area is 156 Å². The van der Waals surface area contributed by atoms with Crippen molar-refractivity contribution in [1.82, 2.24) is 14.9 Å². The molecule has 2 atom stereocenters. The summed E-state index contributed by atoms with van der Waals surface area (Å²) < 4.78 is 40.5. The number of carbonyl (C=O) groups excluding carboxylic acids is 1. The third-order valence-corrected chi connectivity index (χ3v) is 5.38. The molecule has 2 aromatic carbocycles. The monoisotopic (exact) mass is 390 g/mol. The molecule has 0 radical (unpaired) electrons. The van der Waals surface area contributed by atoms with E-state index in [9.17, 15) is 18.0 Å². The molecule has 0 spiro atoms. The standard InChI is InChI=1S/C18H13F3N4OS/c19-18(20,21)16-22-23-17-25(16)24-13(11-7-3-1-4-8-11)15(27-17)14(26)12-9-5-2-6-10-12/h1-10,13,15,24H/t13-,15+/m0/s1.